The highest BCUT2D eigenvalue weighted by molar-refractivity contribution is 6.30. The third-order valence-corrected chi connectivity index (χ3v) is 7.16. The van der Waals surface area contributed by atoms with Gasteiger partial charge in [-0.3, -0.25) is 9.78 Å². The third kappa shape index (κ3) is 3.45. The number of halogens is 3. The summed E-state index contributed by atoms with van der Waals surface area (Å²) in [5.74, 6) is -0.531. The molecule has 2 aromatic carbocycles. The minimum Gasteiger partial charge on any atom is -0.326 e. The van der Waals surface area contributed by atoms with Crippen molar-refractivity contribution >= 4 is 34.1 Å². The minimum absolute atomic E-state index is 0.0381. The average Bonchev–Trinajstić information content (AvgIpc) is 3.44. The lowest BCUT2D eigenvalue weighted by Crippen LogP contribution is -2.22. The summed E-state index contributed by atoms with van der Waals surface area (Å²) in [7, 11) is 0. The van der Waals surface area contributed by atoms with Gasteiger partial charge in [0.2, 0.25) is 5.91 Å². The van der Waals surface area contributed by atoms with Crippen LogP contribution < -0.4 is 5.32 Å². The summed E-state index contributed by atoms with van der Waals surface area (Å²) in [5.41, 5.74) is 2.43. The third-order valence-electron chi connectivity index (χ3n) is 6.85. The zero-order chi connectivity index (χ0) is 20.9. The second-order valence-corrected chi connectivity index (χ2v) is 8.98. The number of carbonyl (C=O) groups excluding carboxylic acids is 1. The molecule has 6 heteroatoms. The molecule has 1 atom stereocenters. The molecule has 0 saturated heterocycles. The van der Waals surface area contributed by atoms with E-state index in [9.17, 15) is 13.6 Å². The molecule has 30 heavy (non-hydrogen) atoms. The van der Waals surface area contributed by atoms with Crippen molar-refractivity contribution in [3.05, 3.63) is 70.9 Å². The maximum absolute atomic E-state index is 13.8. The molecule has 1 spiro atoms. The predicted octanol–water partition coefficient (Wildman–Crippen LogP) is 6.47. The molecule has 2 fully saturated rings. The number of hydrogen-bond acceptors (Lipinski definition) is 2. The lowest BCUT2D eigenvalue weighted by molar-refractivity contribution is -0.118. The number of aromatic nitrogens is 1. The van der Waals surface area contributed by atoms with E-state index in [0.29, 0.717) is 11.6 Å². The van der Waals surface area contributed by atoms with Crippen LogP contribution in [0.15, 0.2) is 48.7 Å². The Morgan fingerprint density at radius 1 is 1.10 bits per heavy atom. The summed E-state index contributed by atoms with van der Waals surface area (Å²) in [6.45, 7) is 0. The Kier molecular flexibility index (Phi) is 4.73. The van der Waals surface area contributed by atoms with Crippen molar-refractivity contribution < 1.29 is 13.6 Å². The van der Waals surface area contributed by atoms with Crippen LogP contribution in [0.2, 0.25) is 5.02 Å². The van der Waals surface area contributed by atoms with E-state index in [1.807, 2.05) is 6.07 Å². The van der Waals surface area contributed by atoms with Crippen LogP contribution >= 0.6 is 11.6 Å². The number of pyridine rings is 1. The number of benzene rings is 2. The predicted molar refractivity (Wildman–Crippen MR) is 113 cm³/mol. The number of carbonyl (C=O) groups is 1. The van der Waals surface area contributed by atoms with Gasteiger partial charge >= 0.3 is 0 Å². The van der Waals surface area contributed by atoms with Crippen molar-refractivity contribution in [3.63, 3.8) is 0 Å². The number of rotatable bonds is 3. The van der Waals surface area contributed by atoms with Crippen LogP contribution in [0.1, 0.15) is 43.6 Å². The molecular formula is C24H21ClF2N2O. The molecule has 1 aromatic heterocycles. The standard InChI is InChI=1S/C24H21ClF2N2O/c25-20-3-2-16(12-21(20)27)29-23(30)19-13-24(19)8-5-14(6-9-24)17-7-10-28-22-4-1-15(26)11-18(17)22/h1-4,7,10-12,14,19H,5-6,8-9,13H2,(H,29,30). The Bertz CT molecular complexity index is 1140. The molecule has 1 heterocycles. The molecule has 154 valence electrons. The van der Waals surface area contributed by atoms with Gasteiger partial charge in [0.05, 0.1) is 10.5 Å². The van der Waals surface area contributed by atoms with Gasteiger partial charge in [-0.15, -0.1) is 0 Å². The van der Waals surface area contributed by atoms with Crippen LogP contribution in [0, 0.1) is 23.0 Å². The normalized spacial score (nSPS) is 25.4. The second kappa shape index (κ2) is 7.31. The number of fused-ring (bicyclic) bond motifs is 1. The van der Waals surface area contributed by atoms with Crippen molar-refractivity contribution in [1.82, 2.24) is 4.98 Å². The Balaban J connectivity index is 1.26. The van der Waals surface area contributed by atoms with E-state index in [1.165, 1.54) is 18.2 Å². The van der Waals surface area contributed by atoms with E-state index in [4.69, 9.17) is 11.6 Å². The van der Waals surface area contributed by atoms with Gasteiger partial charge in [0, 0.05) is 23.2 Å². The summed E-state index contributed by atoms with van der Waals surface area (Å²) in [4.78, 5) is 17.0. The van der Waals surface area contributed by atoms with Gasteiger partial charge in [0.1, 0.15) is 11.6 Å². The van der Waals surface area contributed by atoms with Crippen molar-refractivity contribution in [2.45, 2.75) is 38.0 Å². The fourth-order valence-corrected chi connectivity index (χ4v) is 5.19. The molecule has 0 bridgehead atoms. The molecule has 2 saturated carbocycles. The Hall–Kier alpha value is -2.53. The van der Waals surface area contributed by atoms with E-state index in [-0.39, 0.29) is 28.1 Å². The molecule has 5 rings (SSSR count). The van der Waals surface area contributed by atoms with Crippen LogP contribution in [0.5, 0.6) is 0 Å². The van der Waals surface area contributed by atoms with Gasteiger partial charge in [-0.1, -0.05) is 11.6 Å². The Morgan fingerprint density at radius 2 is 1.90 bits per heavy atom. The zero-order valence-electron chi connectivity index (χ0n) is 16.3. The first-order valence-corrected chi connectivity index (χ1v) is 10.6. The summed E-state index contributed by atoms with van der Waals surface area (Å²) in [5, 5.41) is 3.75. The smallest absolute Gasteiger partial charge is 0.228 e. The number of hydrogen-bond donors (Lipinski definition) is 1. The molecule has 1 unspecified atom stereocenters. The fourth-order valence-electron chi connectivity index (χ4n) is 5.07. The minimum atomic E-state index is -0.540. The number of anilines is 1. The quantitative estimate of drug-likeness (QED) is 0.521. The van der Waals surface area contributed by atoms with Gasteiger partial charge in [-0.2, -0.15) is 0 Å². The van der Waals surface area contributed by atoms with Crippen LogP contribution in [0.4, 0.5) is 14.5 Å². The summed E-state index contributed by atoms with van der Waals surface area (Å²) >= 11 is 5.71. The van der Waals surface area contributed by atoms with E-state index < -0.39 is 5.82 Å². The summed E-state index contributed by atoms with van der Waals surface area (Å²) in [6.07, 6.45) is 6.52. The van der Waals surface area contributed by atoms with Gasteiger partial charge < -0.3 is 5.32 Å². The first kappa shape index (κ1) is 19.4. The highest BCUT2D eigenvalue weighted by Gasteiger charge is 2.58. The maximum Gasteiger partial charge on any atom is 0.228 e. The zero-order valence-corrected chi connectivity index (χ0v) is 17.1. The van der Waals surface area contributed by atoms with Crippen molar-refractivity contribution in [2.75, 3.05) is 5.32 Å². The SMILES string of the molecule is O=C(Nc1ccc(Cl)c(F)c1)C1CC12CCC(c1ccnc3ccc(F)cc13)CC2. The summed E-state index contributed by atoms with van der Waals surface area (Å²) < 4.78 is 27.4. The lowest BCUT2D eigenvalue weighted by Gasteiger charge is -2.30. The fraction of sp³-hybridized carbons (Fsp3) is 0.333. The largest absolute Gasteiger partial charge is 0.326 e. The molecule has 0 aliphatic heterocycles. The molecule has 3 aromatic rings. The van der Waals surface area contributed by atoms with Crippen LogP contribution in [-0.4, -0.2) is 10.9 Å². The van der Waals surface area contributed by atoms with Crippen molar-refractivity contribution in [1.29, 1.82) is 0 Å². The molecule has 2 aliphatic carbocycles. The summed E-state index contributed by atoms with van der Waals surface area (Å²) in [6, 6.07) is 11.0. The van der Waals surface area contributed by atoms with Crippen molar-refractivity contribution in [2.24, 2.45) is 11.3 Å². The Morgan fingerprint density at radius 3 is 2.67 bits per heavy atom. The van der Waals surface area contributed by atoms with Crippen LogP contribution in [0.25, 0.3) is 10.9 Å². The average molecular weight is 427 g/mol. The lowest BCUT2D eigenvalue weighted by atomic mass is 9.75. The first-order valence-electron chi connectivity index (χ1n) is 10.3. The topological polar surface area (TPSA) is 42.0 Å². The first-order chi connectivity index (χ1) is 14.4. The molecule has 3 nitrogen and oxygen atoms in total. The van der Waals surface area contributed by atoms with E-state index in [1.54, 1.807) is 24.4 Å². The number of nitrogens with zero attached hydrogens (tertiary/aromatic N) is 1. The molecule has 1 N–H and O–H groups in total. The van der Waals surface area contributed by atoms with Gasteiger partial charge in [0.25, 0.3) is 0 Å². The number of nitrogens with one attached hydrogen (secondary N) is 1. The van der Waals surface area contributed by atoms with E-state index in [0.717, 1.165) is 48.6 Å². The molecule has 1 amide bonds. The van der Waals surface area contributed by atoms with E-state index in [2.05, 4.69) is 10.3 Å². The molecule has 2 aliphatic rings. The second-order valence-electron chi connectivity index (χ2n) is 8.57. The maximum atomic E-state index is 13.8. The highest BCUT2D eigenvalue weighted by Crippen LogP contribution is 2.63. The van der Waals surface area contributed by atoms with Crippen LogP contribution in [-0.2, 0) is 4.79 Å². The number of amides is 1. The van der Waals surface area contributed by atoms with Crippen molar-refractivity contribution in [3.8, 4) is 0 Å². The van der Waals surface area contributed by atoms with E-state index >= 15 is 0 Å². The monoisotopic (exact) mass is 426 g/mol. The van der Waals surface area contributed by atoms with Gasteiger partial charge in [-0.25, -0.2) is 8.78 Å². The Labute approximate surface area is 178 Å². The molecule has 0 radical (unpaired) electrons. The molecular weight excluding hydrogens is 406 g/mol. The van der Waals surface area contributed by atoms with Gasteiger partial charge in [0.15, 0.2) is 0 Å². The van der Waals surface area contributed by atoms with Crippen LogP contribution in [0.3, 0.4) is 0 Å². The van der Waals surface area contributed by atoms with Gasteiger partial charge in [-0.05, 0) is 91.5 Å². The highest BCUT2D eigenvalue weighted by atomic mass is 35.5.